The van der Waals surface area contributed by atoms with Crippen LogP contribution in [0.5, 0.6) is 0 Å². The molecule has 4 heteroatoms. The lowest BCUT2D eigenvalue weighted by molar-refractivity contribution is 0.663. The summed E-state index contributed by atoms with van der Waals surface area (Å²) in [6, 6.07) is 4.59. The lowest BCUT2D eigenvalue weighted by atomic mass is 10.1. The van der Waals surface area contributed by atoms with Crippen LogP contribution >= 0.6 is 11.8 Å². The SMILES string of the molecule is NCc1ccnc(NC2CCSCC2)c1. The number of hydrogen-bond acceptors (Lipinski definition) is 4. The topological polar surface area (TPSA) is 50.9 Å². The van der Waals surface area contributed by atoms with Crippen LogP contribution in [0.25, 0.3) is 0 Å². The minimum absolute atomic E-state index is 0.581. The summed E-state index contributed by atoms with van der Waals surface area (Å²) in [6.07, 6.45) is 4.29. The van der Waals surface area contributed by atoms with Gasteiger partial charge in [-0.2, -0.15) is 11.8 Å². The first kappa shape index (κ1) is 10.8. The molecule has 0 unspecified atom stereocenters. The second-order valence-corrected chi connectivity index (χ2v) is 5.01. The molecule has 0 amide bonds. The first-order valence-electron chi connectivity index (χ1n) is 5.38. The van der Waals surface area contributed by atoms with Gasteiger partial charge < -0.3 is 11.1 Å². The zero-order valence-electron chi connectivity index (χ0n) is 8.78. The molecule has 3 nitrogen and oxygen atoms in total. The smallest absolute Gasteiger partial charge is 0.126 e. The molecule has 1 aromatic rings. The number of thioether (sulfide) groups is 1. The number of anilines is 1. The molecule has 0 saturated carbocycles. The molecule has 1 saturated heterocycles. The van der Waals surface area contributed by atoms with Crippen molar-refractivity contribution in [3.05, 3.63) is 23.9 Å². The van der Waals surface area contributed by atoms with E-state index in [4.69, 9.17) is 5.73 Å². The van der Waals surface area contributed by atoms with Gasteiger partial charge in [-0.1, -0.05) is 0 Å². The summed E-state index contributed by atoms with van der Waals surface area (Å²) in [5, 5.41) is 3.48. The first-order chi connectivity index (χ1) is 7.38. The first-order valence-corrected chi connectivity index (χ1v) is 6.53. The molecule has 2 rings (SSSR count). The Morgan fingerprint density at radius 3 is 3.00 bits per heavy atom. The Morgan fingerprint density at radius 1 is 1.47 bits per heavy atom. The van der Waals surface area contributed by atoms with Gasteiger partial charge in [0.15, 0.2) is 0 Å². The highest BCUT2D eigenvalue weighted by Crippen LogP contribution is 2.20. The van der Waals surface area contributed by atoms with Crippen LogP contribution < -0.4 is 11.1 Å². The van der Waals surface area contributed by atoms with Gasteiger partial charge in [-0.25, -0.2) is 4.98 Å². The zero-order valence-corrected chi connectivity index (χ0v) is 9.59. The second-order valence-electron chi connectivity index (χ2n) is 3.78. The van der Waals surface area contributed by atoms with Crippen molar-refractivity contribution >= 4 is 17.6 Å². The van der Waals surface area contributed by atoms with Gasteiger partial charge in [0.25, 0.3) is 0 Å². The van der Waals surface area contributed by atoms with E-state index in [0.29, 0.717) is 12.6 Å². The van der Waals surface area contributed by atoms with Crippen LogP contribution in [0.15, 0.2) is 18.3 Å². The van der Waals surface area contributed by atoms with E-state index < -0.39 is 0 Å². The number of nitrogens with two attached hydrogens (primary N) is 1. The maximum Gasteiger partial charge on any atom is 0.126 e. The predicted octanol–water partition coefficient (Wildman–Crippen LogP) is 1.85. The summed E-state index contributed by atoms with van der Waals surface area (Å²) in [5.41, 5.74) is 6.73. The molecule has 1 fully saturated rings. The van der Waals surface area contributed by atoms with Gasteiger partial charge in [-0.3, -0.25) is 0 Å². The number of aromatic nitrogens is 1. The minimum atomic E-state index is 0.581. The van der Waals surface area contributed by atoms with Crippen LogP contribution in [0, 0.1) is 0 Å². The molecule has 1 aliphatic heterocycles. The van der Waals surface area contributed by atoms with Gasteiger partial charge in [0.05, 0.1) is 0 Å². The zero-order chi connectivity index (χ0) is 10.5. The lowest BCUT2D eigenvalue weighted by Crippen LogP contribution is -2.25. The Balaban J connectivity index is 1.96. The Kier molecular flexibility index (Phi) is 3.86. The van der Waals surface area contributed by atoms with Gasteiger partial charge in [0.2, 0.25) is 0 Å². The predicted molar refractivity (Wildman–Crippen MR) is 66.1 cm³/mol. The van der Waals surface area contributed by atoms with Gasteiger partial charge in [0, 0.05) is 18.8 Å². The van der Waals surface area contributed by atoms with Crippen molar-refractivity contribution in [1.82, 2.24) is 4.98 Å². The largest absolute Gasteiger partial charge is 0.367 e. The average Bonchev–Trinajstić information content (AvgIpc) is 2.31. The quantitative estimate of drug-likeness (QED) is 0.821. The fourth-order valence-corrected chi connectivity index (χ4v) is 2.84. The molecule has 0 spiro atoms. The fraction of sp³-hybridized carbons (Fsp3) is 0.545. The van der Waals surface area contributed by atoms with Crippen molar-refractivity contribution in [1.29, 1.82) is 0 Å². The summed E-state index contributed by atoms with van der Waals surface area (Å²) in [4.78, 5) is 4.31. The Bertz CT molecular complexity index is 310. The molecular weight excluding hydrogens is 206 g/mol. The molecule has 2 heterocycles. The Morgan fingerprint density at radius 2 is 2.27 bits per heavy atom. The van der Waals surface area contributed by atoms with Crippen LogP contribution in [-0.2, 0) is 6.54 Å². The van der Waals surface area contributed by atoms with Crippen LogP contribution in [0.4, 0.5) is 5.82 Å². The summed E-state index contributed by atoms with van der Waals surface area (Å²) < 4.78 is 0. The highest BCUT2D eigenvalue weighted by molar-refractivity contribution is 7.99. The standard InChI is InChI=1S/C11H17N3S/c12-8-9-1-4-13-11(7-9)14-10-2-5-15-6-3-10/h1,4,7,10H,2-3,5-6,8,12H2,(H,13,14). The van der Waals surface area contributed by atoms with E-state index in [9.17, 15) is 0 Å². The molecule has 82 valence electrons. The summed E-state index contributed by atoms with van der Waals surface area (Å²) in [6.45, 7) is 0.581. The van der Waals surface area contributed by atoms with Crippen molar-refractivity contribution in [2.75, 3.05) is 16.8 Å². The van der Waals surface area contributed by atoms with E-state index in [0.717, 1.165) is 11.4 Å². The summed E-state index contributed by atoms with van der Waals surface area (Å²) in [5.74, 6) is 3.48. The Hall–Kier alpha value is -0.740. The van der Waals surface area contributed by atoms with Crippen LogP contribution in [0.1, 0.15) is 18.4 Å². The maximum absolute atomic E-state index is 5.59. The normalized spacial score (nSPS) is 17.7. The number of pyridine rings is 1. The van der Waals surface area contributed by atoms with Crippen LogP contribution in [0.2, 0.25) is 0 Å². The molecule has 0 aliphatic carbocycles. The number of nitrogens with zero attached hydrogens (tertiary/aromatic N) is 1. The van der Waals surface area contributed by atoms with Gasteiger partial charge >= 0.3 is 0 Å². The molecular formula is C11H17N3S. The van der Waals surface area contributed by atoms with E-state index in [-0.39, 0.29) is 0 Å². The molecule has 3 N–H and O–H groups in total. The highest BCUT2D eigenvalue weighted by atomic mass is 32.2. The van der Waals surface area contributed by atoms with Gasteiger partial charge in [-0.05, 0) is 42.0 Å². The fourth-order valence-electron chi connectivity index (χ4n) is 1.73. The Labute approximate surface area is 94.8 Å². The van der Waals surface area contributed by atoms with Crippen molar-refractivity contribution in [3.8, 4) is 0 Å². The van der Waals surface area contributed by atoms with E-state index in [1.807, 2.05) is 30.1 Å². The van der Waals surface area contributed by atoms with Crippen molar-refractivity contribution in [2.24, 2.45) is 5.73 Å². The average molecular weight is 223 g/mol. The molecule has 15 heavy (non-hydrogen) atoms. The maximum atomic E-state index is 5.59. The second kappa shape index (κ2) is 5.37. The third-order valence-corrected chi connectivity index (χ3v) is 3.68. The molecule has 0 bridgehead atoms. The molecule has 0 radical (unpaired) electrons. The summed E-state index contributed by atoms with van der Waals surface area (Å²) in [7, 11) is 0. The van der Waals surface area contributed by atoms with Crippen molar-refractivity contribution in [3.63, 3.8) is 0 Å². The molecule has 0 atom stereocenters. The van der Waals surface area contributed by atoms with E-state index in [1.165, 1.54) is 24.3 Å². The molecule has 1 aliphatic rings. The van der Waals surface area contributed by atoms with Crippen LogP contribution in [0.3, 0.4) is 0 Å². The summed E-state index contributed by atoms with van der Waals surface area (Å²) >= 11 is 2.04. The van der Waals surface area contributed by atoms with Crippen LogP contribution in [-0.4, -0.2) is 22.5 Å². The molecule has 0 aromatic carbocycles. The van der Waals surface area contributed by atoms with Gasteiger partial charge in [-0.15, -0.1) is 0 Å². The minimum Gasteiger partial charge on any atom is -0.367 e. The van der Waals surface area contributed by atoms with Gasteiger partial charge in [0.1, 0.15) is 5.82 Å². The monoisotopic (exact) mass is 223 g/mol. The number of rotatable bonds is 3. The van der Waals surface area contributed by atoms with E-state index in [2.05, 4.69) is 10.3 Å². The lowest BCUT2D eigenvalue weighted by Gasteiger charge is -2.23. The third kappa shape index (κ3) is 3.11. The van der Waals surface area contributed by atoms with Crippen molar-refractivity contribution in [2.45, 2.75) is 25.4 Å². The van der Waals surface area contributed by atoms with E-state index in [1.54, 1.807) is 0 Å². The molecule has 1 aromatic heterocycles. The third-order valence-electron chi connectivity index (χ3n) is 2.63. The van der Waals surface area contributed by atoms with E-state index >= 15 is 0 Å². The highest BCUT2D eigenvalue weighted by Gasteiger charge is 2.13. The number of hydrogen-bond donors (Lipinski definition) is 2. The number of nitrogens with one attached hydrogen (secondary N) is 1. The van der Waals surface area contributed by atoms with Crippen molar-refractivity contribution < 1.29 is 0 Å².